The second-order valence-corrected chi connectivity index (χ2v) is 6.35. The number of aryl methyl sites for hydroxylation is 1. The van der Waals surface area contributed by atoms with Gasteiger partial charge in [-0.2, -0.15) is 0 Å². The smallest absolute Gasteiger partial charge is 0.0294 e. The molecule has 1 saturated carbocycles. The molecule has 0 spiro atoms. The minimum Gasteiger partial charge on any atom is -0.307 e. The van der Waals surface area contributed by atoms with E-state index in [1.165, 1.54) is 49.7 Å². The molecule has 0 bridgehead atoms. The number of nitrogens with one attached hydrogen (secondary N) is 1. The van der Waals surface area contributed by atoms with Crippen LogP contribution in [0.5, 0.6) is 0 Å². The molecule has 1 nitrogen and oxygen atoms in total. The third-order valence-electron chi connectivity index (χ3n) is 4.44. The zero-order valence-corrected chi connectivity index (χ0v) is 12.8. The van der Waals surface area contributed by atoms with Gasteiger partial charge in [-0.05, 0) is 43.2 Å². The molecule has 1 aromatic rings. The summed E-state index contributed by atoms with van der Waals surface area (Å²) >= 11 is 0. The van der Waals surface area contributed by atoms with Gasteiger partial charge in [0, 0.05) is 12.1 Å². The van der Waals surface area contributed by atoms with Crippen molar-refractivity contribution < 1.29 is 0 Å². The first-order valence-corrected chi connectivity index (χ1v) is 8.04. The molecule has 1 aliphatic rings. The van der Waals surface area contributed by atoms with Gasteiger partial charge in [0.2, 0.25) is 0 Å². The monoisotopic (exact) mass is 259 g/mol. The first kappa shape index (κ1) is 14.6. The largest absolute Gasteiger partial charge is 0.307 e. The summed E-state index contributed by atoms with van der Waals surface area (Å²) in [5.41, 5.74) is 2.89. The fourth-order valence-corrected chi connectivity index (χ4v) is 3.30. The van der Waals surface area contributed by atoms with Crippen molar-refractivity contribution in [3.8, 4) is 0 Å². The number of hydrogen-bond donors (Lipinski definition) is 1. The van der Waals surface area contributed by atoms with Crippen molar-refractivity contribution in [2.24, 2.45) is 5.92 Å². The Hall–Kier alpha value is -0.820. The van der Waals surface area contributed by atoms with E-state index in [1.807, 2.05) is 0 Å². The highest BCUT2D eigenvalue weighted by Crippen LogP contribution is 2.25. The van der Waals surface area contributed by atoms with Gasteiger partial charge in [-0.25, -0.2) is 0 Å². The molecular formula is C18H29N. The SMILES string of the molecule is CCCc1ccc(C(C)NC2CCCC(C)C2)cc1. The van der Waals surface area contributed by atoms with Crippen LogP contribution in [-0.2, 0) is 6.42 Å². The van der Waals surface area contributed by atoms with Gasteiger partial charge in [-0.3, -0.25) is 0 Å². The van der Waals surface area contributed by atoms with Crippen molar-refractivity contribution in [3.05, 3.63) is 35.4 Å². The average Bonchev–Trinajstić information content (AvgIpc) is 2.40. The normalized spacial score (nSPS) is 25.2. The van der Waals surface area contributed by atoms with E-state index in [0.717, 1.165) is 5.92 Å². The lowest BCUT2D eigenvalue weighted by atomic mass is 9.86. The van der Waals surface area contributed by atoms with E-state index in [0.29, 0.717) is 12.1 Å². The molecule has 3 unspecified atom stereocenters. The van der Waals surface area contributed by atoms with Gasteiger partial charge in [0.1, 0.15) is 0 Å². The van der Waals surface area contributed by atoms with Crippen molar-refractivity contribution >= 4 is 0 Å². The highest BCUT2D eigenvalue weighted by molar-refractivity contribution is 5.24. The van der Waals surface area contributed by atoms with Crippen LogP contribution in [0.15, 0.2) is 24.3 Å². The molecule has 0 saturated heterocycles. The quantitative estimate of drug-likeness (QED) is 0.795. The average molecular weight is 259 g/mol. The first-order chi connectivity index (χ1) is 9.19. The second-order valence-electron chi connectivity index (χ2n) is 6.35. The van der Waals surface area contributed by atoms with Crippen molar-refractivity contribution in [2.45, 2.75) is 71.4 Å². The van der Waals surface area contributed by atoms with Gasteiger partial charge in [-0.15, -0.1) is 0 Å². The topological polar surface area (TPSA) is 12.0 Å². The lowest BCUT2D eigenvalue weighted by molar-refractivity contribution is 0.285. The lowest BCUT2D eigenvalue weighted by Crippen LogP contribution is -2.35. The zero-order chi connectivity index (χ0) is 13.7. The summed E-state index contributed by atoms with van der Waals surface area (Å²) in [4.78, 5) is 0. The van der Waals surface area contributed by atoms with Crippen LogP contribution >= 0.6 is 0 Å². The molecule has 0 radical (unpaired) electrons. The van der Waals surface area contributed by atoms with E-state index in [2.05, 4.69) is 50.4 Å². The van der Waals surface area contributed by atoms with Gasteiger partial charge >= 0.3 is 0 Å². The van der Waals surface area contributed by atoms with E-state index in [-0.39, 0.29) is 0 Å². The fraction of sp³-hybridized carbons (Fsp3) is 0.667. The molecular weight excluding hydrogens is 230 g/mol. The van der Waals surface area contributed by atoms with Crippen LogP contribution in [0.4, 0.5) is 0 Å². The summed E-state index contributed by atoms with van der Waals surface area (Å²) in [6.45, 7) is 6.93. The number of rotatable bonds is 5. The summed E-state index contributed by atoms with van der Waals surface area (Å²) in [5, 5.41) is 3.82. The lowest BCUT2D eigenvalue weighted by Gasteiger charge is -2.30. The molecule has 106 valence electrons. The molecule has 1 N–H and O–H groups in total. The fourth-order valence-electron chi connectivity index (χ4n) is 3.30. The van der Waals surface area contributed by atoms with Gasteiger partial charge in [0.25, 0.3) is 0 Å². The molecule has 0 aliphatic heterocycles. The summed E-state index contributed by atoms with van der Waals surface area (Å²) in [6, 6.07) is 10.4. The van der Waals surface area contributed by atoms with E-state index in [9.17, 15) is 0 Å². The Balaban J connectivity index is 1.89. The third kappa shape index (κ3) is 4.35. The van der Waals surface area contributed by atoms with E-state index < -0.39 is 0 Å². The Morgan fingerprint density at radius 1 is 1.21 bits per heavy atom. The van der Waals surface area contributed by atoms with Crippen molar-refractivity contribution in [1.82, 2.24) is 5.32 Å². The van der Waals surface area contributed by atoms with Crippen LogP contribution in [-0.4, -0.2) is 6.04 Å². The van der Waals surface area contributed by atoms with Crippen molar-refractivity contribution in [1.29, 1.82) is 0 Å². The van der Waals surface area contributed by atoms with Gasteiger partial charge < -0.3 is 5.32 Å². The predicted molar refractivity (Wildman–Crippen MR) is 83.4 cm³/mol. The van der Waals surface area contributed by atoms with Crippen LogP contribution in [0.3, 0.4) is 0 Å². The Morgan fingerprint density at radius 2 is 1.95 bits per heavy atom. The second kappa shape index (κ2) is 7.09. The molecule has 1 fully saturated rings. The summed E-state index contributed by atoms with van der Waals surface area (Å²) in [6.07, 6.45) is 7.93. The standard InChI is InChI=1S/C18H29N/c1-4-6-16-9-11-17(12-10-16)15(3)19-18-8-5-7-14(2)13-18/h9-12,14-15,18-19H,4-8,13H2,1-3H3. The molecule has 1 aromatic carbocycles. The first-order valence-electron chi connectivity index (χ1n) is 8.04. The van der Waals surface area contributed by atoms with Crippen LogP contribution in [0.25, 0.3) is 0 Å². The van der Waals surface area contributed by atoms with E-state index in [1.54, 1.807) is 0 Å². The number of hydrogen-bond acceptors (Lipinski definition) is 1. The van der Waals surface area contributed by atoms with E-state index in [4.69, 9.17) is 0 Å². The molecule has 19 heavy (non-hydrogen) atoms. The molecule has 1 heteroatoms. The molecule has 0 aromatic heterocycles. The van der Waals surface area contributed by atoms with Gasteiger partial charge in [-0.1, -0.05) is 57.4 Å². The van der Waals surface area contributed by atoms with Crippen molar-refractivity contribution in [3.63, 3.8) is 0 Å². The minimum absolute atomic E-state index is 0.478. The maximum atomic E-state index is 3.82. The van der Waals surface area contributed by atoms with Crippen LogP contribution in [0.2, 0.25) is 0 Å². The molecule has 0 amide bonds. The molecule has 1 aliphatic carbocycles. The summed E-state index contributed by atoms with van der Waals surface area (Å²) in [7, 11) is 0. The molecule has 2 rings (SSSR count). The van der Waals surface area contributed by atoms with Gasteiger partial charge in [0.05, 0.1) is 0 Å². The molecule has 3 atom stereocenters. The van der Waals surface area contributed by atoms with Crippen LogP contribution in [0, 0.1) is 5.92 Å². The Labute approximate surface area is 118 Å². The summed E-state index contributed by atoms with van der Waals surface area (Å²) < 4.78 is 0. The zero-order valence-electron chi connectivity index (χ0n) is 12.8. The van der Waals surface area contributed by atoms with Crippen LogP contribution < -0.4 is 5.32 Å². The Kier molecular flexibility index (Phi) is 5.45. The number of benzene rings is 1. The highest BCUT2D eigenvalue weighted by Gasteiger charge is 2.20. The molecule has 0 heterocycles. The highest BCUT2D eigenvalue weighted by atomic mass is 14.9. The predicted octanol–water partition coefficient (Wildman–Crippen LogP) is 4.87. The maximum Gasteiger partial charge on any atom is 0.0294 e. The summed E-state index contributed by atoms with van der Waals surface area (Å²) in [5.74, 6) is 0.894. The van der Waals surface area contributed by atoms with Gasteiger partial charge in [0.15, 0.2) is 0 Å². The maximum absolute atomic E-state index is 3.82. The van der Waals surface area contributed by atoms with Crippen molar-refractivity contribution in [2.75, 3.05) is 0 Å². The Bertz CT molecular complexity index is 368. The van der Waals surface area contributed by atoms with E-state index >= 15 is 0 Å². The minimum atomic E-state index is 0.478. The Morgan fingerprint density at radius 3 is 2.58 bits per heavy atom. The van der Waals surface area contributed by atoms with Crippen LogP contribution in [0.1, 0.15) is 70.0 Å². The third-order valence-corrected chi connectivity index (χ3v) is 4.44.